The summed E-state index contributed by atoms with van der Waals surface area (Å²) in [6, 6.07) is 4.01. The lowest BCUT2D eigenvalue weighted by molar-refractivity contribution is -0.117. The van der Waals surface area contributed by atoms with Crippen LogP contribution in [0, 0.1) is 12.7 Å². The molecule has 1 amide bonds. The molecule has 1 aromatic carbocycles. The van der Waals surface area contributed by atoms with Gasteiger partial charge in [-0.15, -0.1) is 0 Å². The highest BCUT2D eigenvalue weighted by molar-refractivity contribution is 5.94. The maximum absolute atomic E-state index is 13.1. The van der Waals surface area contributed by atoms with Gasteiger partial charge in [-0.1, -0.05) is 13.0 Å². The van der Waals surface area contributed by atoms with Gasteiger partial charge in [0.25, 0.3) is 0 Å². The highest BCUT2D eigenvalue weighted by Crippen LogP contribution is 2.13. The predicted octanol–water partition coefficient (Wildman–Crippen LogP) is 1.81. The van der Waals surface area contributed by atoms with Crippen molar-refractivity contribution in [2.75, 3.05) is 5.32 Å². The zero-order chi connectivity index (χ0) is 11.4. The highest BCUT2D eigenvalue weighted by atomic mass is 19.1. The van der Waals surface area contributed by atoms with E-state index in [1.54, 1.807) is 19.1 Å². The minimum Gasteiger partial charge on any atom is -0.325 e. The van der Waals surface area contributed by atoms with Gasteiger partial charge < -0.3 is 11.1 Å². The lowest BCUT2D eigenvalue weighted by Crippen LogP contribution is -2.34. The Hall–Kier alpha value is -1.42. The molecule has 0 aliphatic rings. The molecule has 3 N–H and O–H groups in total. The standard InChI is InChI=1S/C11H15FN2O/c1-3-10(13)11(15)14-8-5-4-7(2)9(12)6-8/h4-6,10H,3,13H2,1-2H3,(H,14,15)/t10-/m0/s1. The first-order valence-corrected chi connectivity index (χ1v) is 4.87. The third-order valence-electron chi connectivity index (χ3n) is 2.22. The van der Waals surface area contributed by atoms with E-state index in [2.05, 4.69) is 5.32 Å². The first-order valence-electron chi connectivity index (χ1n) is 4.87. The molecule has 0 aliphatic carbocycles. The molecule has 4 heteroatoms. The third kappa shape index (κ3) is 3.02. The highest BCUT2D eigenvalue weighted by Gasteiger charge is 2.11. The Morgan fingerprint density at radius 1 is 1.60 bits per heavy atom. The summed E-state index contributed by atoms with van der Waals surface area (Å²) >= 11 is 0. The fraction of sp³-hybridized carbons (Fsp3) is 0.364. The van der Waals surface area contributed by atoms with Crippen LogP contribution < -0.4 is 11.1 Å². The van der Waals surface area contributed by atoms with Crippen LogP contribution in [0.4, 0.5) is 10.1 Å². The van der Waals surface area contributed by atoms with Crippen molar-refractivity contribution in [3.63, 3.8) is 0 Å². The zero-order valence-electron chi connectivity index (χ0n) is 8.88. The Bertz CT molecular complexity index is 366. The van der Waals surface area contributed by atoms with E-state index in [9.17, 15) is 9.18 Å². The molecule has 0 aliphatic heterocycles. The summed E-state index contributed by atoms with van der Waals surface area (Å²) in [5.41, 5.74) is 6.51. The number of hydrogen-bond acceptors (Lipinski definition) is 2. The van der Waals surface area contributed by atoms with Gasteiger partial charge >= 0.3 is 0 Å². The van der Waals surface area contributed by atoms with Gasteiger partial charge in [-0.25, -0.2) is 4.39 Å². The number of halogens is 1. The quantitative estimate of drug-likeness (QED) is 0.799. The second kappa shape index (κ2) is 4.89. The van der Waals surface area contributed by atoms with Crippen molar-refractivity contribution in [3.05, 3.63) is 29.6 Å². The summed E-state index contributed by atoms with van der Waals surface area (Å²) in [4.78, 5) is 11.4. The first kappa shape index (κ1) is 11.7. The minimum atomic E-state index is -0.547. The SMILES string of the molecule is CC[C@H](N)C(=O)Nc1ccc(C)c(F)c1. The topological polar surface area (TPSA) is 55.1 Å². The third-order valence-corrected chi connectivity index (χ3v) is 2.22. The van der Waals surface area contributed by atoms with E-state index in [0.717, 1.165) is 0 Å². The van der Waals surface area contributed by atoms with Crippen molar-refractivity contribution in [2.24, 2.45) is 5.73 Å². The van der Waals surface area contributed by atoms with Gasteiger partial charge in [-0.3, -0.25) is 4.79 Å². The summed E-state index contributed by atoms with van der Waals surface area (Å²) in [6.45, 7) is 3.48. The van der Waals surface area contributed by atoms with E-state index < -0.39 is 6.04 Å². The van der Waals surface area contributed by atoms with Crippen molar-refractivity contribution in [1.82, 2.24) is 0 Å². The van der Waals surface area contributed by atoms with Gasteiger partial charge in [-0.2, -0.15) is 0 Å². The van der Waals surface area contributed by atoms with Crippen molar-refractivity contribution in [1.29, 1.82) is 0 Å². The Kier molecular flexibility index (Phi) is 3.80. The second-order valence-electron chi connectivity index (χ2n) is 3.47. The lowest BCUT2D eigenvalue weighted by Gasteiger charge is -2.10. The molecular formula is C11H15FN2O. The van der Waals surface area contributed by atoms with Gasteiger partial charge in [0.05, 0.1) is 6.04 Å². The van der Waals surface area contributed by atoms with Gasteiger partial charge in [0.15, 0.2) is 0 Å². The van der Waals surface area contributed by atoms with Gasteiger partial charge in [0, 0.05) is 5.69 Å². The van der Waals surface area contributed by atoms with Crippen molar-refractivity contribution in [2.45, 2.75) is 26.3 Å². The van der Waals surface area contributed by atoms with E-state index >= 15 is 0 Å². The first-order chi connectivity index (χ1) is 7.04. The molecule has 0 spiro atoms. The van der Waals surface area contributed by atoms with Gasteiger partial charge in [0.1, 0.15) is 5.82 Å². The van der Waals surface area contributed by atoms with Crippen LogP contribution in [-0.2, 0) is 4.79 Å². The number of amides is 1. The predicted molar refractivity (Wildman–Crippen MR) is 58.0 cm³/mol. The number of carbonyl (C=O) groups excluding carboxylic acids is 1. The Morgan fingerprint density at radius 2 is 2.27 bits per heavy atom. The Labute approximate surface area is 88.5 Å². The maximum atomic E-state index is 13.1. The second-order valence-corrected chi connectivity index (χ2v) is 3.47. The molecule has 0 radical (unpaired) electrons. The molecule has 1 aromatic rings. The molecule has 82 valence electrons. The Balaban J connectivity index is 2.73. The van der Waals surface area contributed by atoms with E-state index in [1.165, 1.54) is 6.07 Å². The zero-order valence-corrected chi connectivity index (χ0v) is 8.88. The van der Waals surface area contributed by atoms with Crippen LogP contribution >= 0.6 is 0 Å². The molecule has 1 atom stereocenters. The smallest absolute Gasteiger partial charge is 0.241 e. The maximum Gasteiger partial charge on any atom is 0.241 e. The van der Waals surface area contributed by atoms with Crippen molar-refractivity contribution in [3.8, 4) is 0 Å². The van der Waals surface area contributed by atoms with Crippen molar-refractivity contribution < 1.29 is 9.18 Å². The minimum absolute atomic E-state index is 0.291. The number of benzene rings is 1. The lowest BCUT2D eigenvalue weighted by atomic mass is 10.2. The molecule has 1 rings (SSSR count). The van der Waals surface area contributed by atoms with Crippen LogP contribution in [0.15, 0.2) is 18.2 Å². The number of aryl methyl sites for hydroxylation is 1. The summed E-state index contributed by atoms with van der Waals surface area (Å²) in [5, 5.41) is 2.56. The van der Waals surface area contributed by atoms with Crippen LogP contribution in [0.5, 0.6) is 0 Å². The molecule has 15 heavy (non-hydrogen) atoms. The van der Waals surface area contributed by atoms with Crippen LogP contribution in [-0.4, -0.2) is 11.9 Å². The molecular weight excluding hydrogens is 195 g/mol. The van der Waals surface area contributed by atoms with Gasteiger partial charge in [0.2, 0.25) is 5.91 Å². The number of hydrogen-bond donors (Lipinski definition) is 2. The molecule has 0 unspecified atom stereocenters. The summed E-state index contributed by atoms with van der Waals surface area (Å²) < 4.78 is 13.1. The number of nitrogens with two attached hydrogens (primary N) is 1. The Morgan fingerprint density at radius 3 is 2.80 bits per heavy atom. The number of carbonyl (C=O) groups is 1. The molecule has 0 aromatic heterocycles. The fourth-order valence-corrected chi connectivity index (χ4v) is 1.09. The van der Waals surface area contributed by atoms with Crippen LogP contribution in [0.3, 0.4) is 0 Å². The largest absolute Gasteiger partial charge is 0.325 e. The number of nitrogens with one attached hydrogen (secondary N) is 1. The summed E-state index contributed by atoms with van der Waals surface area (Å²) in [5.74, 6) is -0.626. The van der Waals surface area contributed by atoms with E-state index in [0.29, 0.717) is 17.7 Å². The van der Waals surface area contributed by atoms with Crippen LogP contribution in [0.2, 0.25) is 0 Å². The number of anilines is 1. The molecule has 3 nitrogen and oxygen atoms in total. The van der Waals surface area contributed by atoms with Gasteiger partial charge in [-0.05, 0) is 31.0 Å². The normalized spacial score (nSPS) is 12.3. The van der Waals surface area contributed by atoms with Crippen molar-refractivity contribution >= 4 is 11.6 Å². The monoisotopic (exact) mass is 210 g/mol. The molecule has 0 heterocycles. The van der Waals surface area contributed by atoms with E-state index in [1.807, 2.05) is 6.92 Å². The van der Waals surface area contributed by atoms with E-state index in [-0.39, 0.29) is 11.7 Å². The fourth-order valence-electron chi connectivity index (χ4n) is 1.09. The average Bonchev–Trinajstić information content (AvgIpc) is 2.22. The van der Waals surface area contributed by atoms with E-state index in [4.69, 9.17) is 5.73 Å². The molecule has 0 bridgehead atoms. The molecule has 0 fully saturated rings. The van der Waals surface area contributed by atoms with Crippen LogP contribution in [0.1, 0.15) is 18.9 Å². The summed E-state index contributed by atoms with van der Waals surface area (Å²) in [6.07, 6.45) is 0.556. The summed E-state index contributed by atoms with van der Waals surface area (Å²) in [7, 11) is 0. The molecule has 0 saturated carbocycles. The average molecular weight is 210 g/mol. The number of rotatable bonds is 3. The molecule has 0 saturated heterocycles. The van der Waals surface area contributed by atoms with Crippen LogP contribution in [0.25, 0.3) is 0 Å².